The Labute approximate surface area is 100 Å². The van der Waals surface area contributed by atoms with E-state index in [0.717, 1.165) is 9.26 Å². The average Bonchev–Trinajstić information content (AvgIpc) is 2.61. The van der Waals surface area contributed by atoms with E-state index in [0.29, 0.717) is 11.4 Å². The van der Waals surface area contributed by atoms with Gasteiger partial charge in [-0.05, 0) is 46.9 Å². The largest absolute Gasteiger partial charge is 0.382 e. The van der Waals surface area contributed by atoms with Crippen molar-refractivity contribution in [1.82, 2.24) is 9.78 Å². The van der Waals surface area contributed by atoms with Gasteiger partial charge in [0.1, 0.15) is 17.5 Å². The van der Waals surface area contributed by atoms with E-state index >= 15 is 0 Å². The van der Waals surface area contributed by atoms with Crippen molar-refractivity contribution in [3.05, 3.63) is 39.6 Å². The third-order valence-corrected chi connectivity index (χ3v) is 2.72. The Morgan fingerprint density at radius 1 is 1.33 bits per heavy atom. The van der Waals surface area contributed by atoms with Crippen LogP contribution in [0.2, 0.25) is 0 Å². The molecule has 0 saturated heterocycles. The number of hydrogen-bond acceptors (Lipinski definition) is 3. The van der Waals surface area contributed by atoms with E-state index in [2.05, 4.69) is 27.7 Å². The van der Waals surface area contributed by atoms with Crippen LogP contribution >= 0.6 is 22.6 Å². The van der Waals surface area contributed by atoms with Crippen LogP contribution in [-0.2, 0) is 0 Å². The molecule has 0 aliphatic carbocycles. The minimum Gasteiger partial charge on any atom is -0.382 e. The SMILES string of the molecule is N#Cc1cnn(-c2ccc(I)cc2)c1N. The number of rotatable bonds is 1. The predicted octanol–water partition coefficient (Wildman–Crippen LogP) is 1.93. The van der Waals surface area contributed by atoms with Crippen LogP contribution in [0.5, 0.6) is 0 Å². The van der Waals surface area contributed by atoms with Gasteiger partial charge in [0, 0.05) is 3.57 Å². The van der Waals surface area contributed by atoms with Crippen LogP contribution in [0.25, 0.3) is 5.69 Å². The van der Waals surface area contributed by atoms with Crippen LogP contribution in [0.1, 0.15) is 5.56 Å². The van der Waals surface area contributed by atoms with Gasteiger partial charge in [0.05, 0.1) is 11.9 Å². The van der Waals surface area contributed by atoms with Gasteiger partial charge in [-0.2, -0.15) is 10.4 Å². The smallest absolute Gasteiger partial charge is 0.145 e. The molecular formula is C10H7IN4. The molecule has 0 bridgehead atoms. The molecule has 0 aliphatic rings. The first-order valence-corrected chi connectivity index (χ1v) is 5.30. The number of nitriles is 1. The Morgan fingerprint density at radius 2 is 2.00 bits per heavy atom. The van der Waals surface area contributed by atoms with Crippen molar-refractivity contribution in [3.63, 3.8) is 0 Å². The van der Waals surface area contributed by atoms with Gasteiger partial charge in [-0.1, -0.05) is 0 Å². The Morgan fingerprint density at radius 3 is 2.53 bits per heavy atom. The molecule has 2 N–H and O–H groups in total. The number of anilines is 1. The first-order chi connectivity index (χ1) is 7.22. The van der Waals surface area contributed by atoms with Crippen molar-refractivity contribution >= 4 is 28.4 Å². The fourth-order valence-electron chi connectivity index (χ4n) is 1.23. The highest BCUT2D eigenvalue weighted by molar-refractivity contribution is 14.1. The lowest BCUT2D eigenvalue weighted by molar-refractivity contribution is 0.891. The molecule has 2 aromatic rings. The van der Waals surface area contributed by atoms with Gasteiger partial charge >= 0.3 is 0 Å². The van der Waals surface area contributed by atoms with Crippen molar-refractivity contribution in [2.24, 2.45) is 0 Å². The third kappa shape index (κ3) is 1.80. The van der Waals surface area contributed by atoms with Crippen LogP contribution in [-0.4, -0.2) is 9.78 Å². The fraction of sp³-hybridized carbons (Fsp3) is 0. The second kappa shape index (κ2) is 3.90. The number of hydrogen-bond donors (Lipinski definition) is 1. The van der Waals surface area contributed by atoms with Crippen molar-refractivity contribution in [2.75, 3.05) is 5.73 Å². The lowest BCUT2D eigenvalue weighted by atomic mass is 10.3. The summed E-state index contributed by atoms with van der Waals surface area (Å²) in [6.45, 7) is 0. The second-order valence-electron chi connectivity index (χ2n) is 2.94. The quantitative estimate of drug-likeness (QED) is 0.818. The second-order valence-corrected chi connectivity index (χ2v) is 4.19. The summed E-state index contributed by atoms with van der Waals surface area (Å²) in [5.41, 5.74) is 7.01. The van der Waals surface area contributed by atoms with Crippen LogP contribution < -0.4 is 5.73 Å². The molecule has 0 fully saturated rings. The van der Waals surface area contributed by atoms with Gasteiger partial charge in [-0.25, -0.2) is 4.68 Å². The van der Waals surface area contributed by atoms with Gasteiger partial charge in [0.25, 0.3) is 0 Å². The van der Waals surface area contributed by atoms with E-state index in [4.69, 9.17) is 11.0 Å². The van der Waals surface area contributed by atoms with Crippen LogP contribution in [0, 0.1) is 14.9 Å². The summed E-state index contributed by atoms with van der Waals surface area (Å²) in [6, 6.07) is 9.73. The normalized spacial score (nSPS) is 9.87. The molecule has 5 heteroatoms. The molecule has 0 atom stereocenters. The Kier molecular flexibility index (Phi) is 2.60. The average molecular weight is 310 g/mol. The maximum atomic E-state index is 8.74. The van der Waals surface area contributed by atoms with Crippen LogP contribution in [0.15, 0.2) is 30.5 Å². The fourth-order valence-corrected chi connectivity index (χ4v) is 1.59. The summed E-state index contributed by atoms with van der Waals surface area (Å²) in [6.07, 6.45) is 1.47. The summed E-state index contributed by atoms with van der Waals surface area (Å²) in [5, 5.41) is 12.8. The highest BCUT2D eigenvalue weighted by Crippen LogP contribution is 2.17. The molecule has 2 rings (SSSR count). The van der Waals surface area contributed by atoms with Gasteiger partial charge < -0.3 is 5.73 Å². The summed E-state index contributed by atoms with van der Waals surface area (Å²) >= 11 is 2.22. The third-order valence-electron chi connectivity index (χ3n) is 2.00. The van der Waals surface area contributed by atoms with Gasteiger partial charge in [-0.3, -0.25) is 0 Å². The number of benzene rings is 1. The van der Waals surface area contributed by atoms with E-state index in [1.54, 1.807) is 4.68 Å². The van der Waals surface area contributed by atoms with Gasteiger partial charge in [0.15, 0.2) is 0 Å². The molecular weight excluding hydrogens is 303 g/mol. The van der Waals surface area contributed by atoms with Crippen molar-refractivity contribution < 1.29 is 0 Å². The topological polar surface area (TPSA) is 67.6 Å². The van der Waals surface area contributed by atoms with E-state index in [9.17, 15) is 0 Å². The summed E-state index contributed by atoms with van der Waals surface area (Å²) in [7, 11) is 0. The van der Waals surface area contributed by atoms with E-state index in [1.807, 2.05) is 30.3 Å². The zero-order valence-electron chi connectivity index (χ0n) is 7.68. The molecule has 1 heterocycles. The zero-order chi connectivity index (χ0) is 10.8. The van der Waals surface area contributed by atoms with E-state index < -0.39 is 0 Å². The Balaban J connectivity index is 2.51. The molecule has 74 valence electrons. The maximum Gasteiger partial charge on any atom is 0.145 e. The van der Waals surface area contributed by atoms with E-state index in [1.165, 1.54) is 6.20 Å². The zero-order valence-corrected chi connectivity index (χ0v) is 9.84. The number of nitrogen functional groups attached to an aromatic ring is 1. The molecule has 4 nitrogen and oxygen atoms in total. The minimum absolute atomic E-state index is 0.374. The number of nitrogens with zero attached hydrogens (tertiary/aromatic N) is 3. The van der Waals surface area contributed by atoms with Crippen molar-refractivity contribution in [3.8, 4) is 11.8 Å². The number of aromatic nitrogens is 2. The van der Waals surface area contributed by atoms with E-state index in [-0.39, 0.29) is 0 Å². The minimum atomic E-state index is 0.374. The Bertz CT molecular complexity index is 521. The predicted molar refractivity (Wildman–Crippen MR) is 65.4 cm³/mol. The molecule has 0 radical (unpaired) electrons. The van der Waals surface area contributed by atoms with Crippen molar-refractivity contribution in [2.45, 2.75) is 0 Å². The molecule has 0 amide bonds. The molecule has 0 saturated carbocycles. The first-order valence-electron chi connectivity index (χ1n) is 4.22. The molecule has 0 unspecified atom stereocenters. The maximum absolute atomic E-state index is 8.74. The molecule has 15 heavy (non-hydrogen) atoms. The standard InChI is InChI=1S/C10H7IN4/c11-8-1-3-9(4-2-8)15-10(13)7(5-12)6-14-15/h1-4,6H,13H2. The first kappa shape index (κ1) is 9.98. The number of halogens is 1. The van der Waals surface area contributed by atoms with Crippen LogP contribution in [0.3, 0.4) is 0 Å². The monoisotopic (exact) mass is 310 g/mol. The molecule has 1 aromatic heterocycles. The lowest BCUT2D eigenvalue weighted by Crippen LogP contribution is -2.02. The highest BCUT2D eigenvalue weighted by atomic mass is 127. The number of nitrogens with two attached hydrogens (primary N) is 1. The lowest BCUT2D eigenvalue weighted by Gasteiger charge is -2.03. The Hall–Kier alpha value is -1.55. The van der Waals surface area contributed by atoms with Crippen molar-refractivity contribution in [1.29, 1.82) is 5.26 Å². The van der Waals surface area contributed by atoms with Crippen LogP contribution in [0.4, 0.5) is 5.82 Å². The highest BCUT2D eigenvalue weighted by Gasteiger charge is 2.07. The summed E-state index contributed by atoms with van der Waals surface area (Å²) < 4.78 is 2.69. The molecule has 0 spiro atoms. The van der Waals surface area contributed by atoms with Gasteiger partial charge in [-0.15, -0.1) is 0 Å². The molecule has 0 aliphatic heterocycles. The summed E-state index contributed by atoms with van der Waals surface area (Å²) in [5.74, 6) is 0.374. The molecule has 1 aromatic carbocycles. The van der Waals surface area contributed by atoms with Gasteiger partial charge in [0.2, 0.25) is 0 Å². The summed E-state index contributed by atoms with van der Waals surface area (Å²) in [4.78, 5) is 0.